The number of hydrogen-bond donors (Lipinski definition) is 3. The van der Waals surface area contributed by atoms with Crippen molar-refractivity contribution in [3.05, 3.63) is 70.4 Å². The maximum atomic E-state index is 12.8. The van der Waals surface area contributed by atoms with Gasteiger partial charge in [0.15, 0.2) is 0 Å². The monoisotopic (exact) mass is 382 g/mol. The van der Waals surface area contributed by atoms with Crippen LogP contribution < -0.4 is 5.32 Å². The number of carboxylic acid groups (broad SMARTS) is 1. The lowest BCUT2D eigenvalue weighted by Gasteiger charge is -2.27. The van der Waals surface area contributed by atoms with Gasteiger partial charge in [0.05, 0.1) is 12.1 Å². The number of ether oxygens (including phenoxy) is 1. The first kappa shape index (κ1) is 16.4. The summed E-state index contributed by atoms with van der Waals surface area (Å²) in [6, 6.07) is 13.9. The van der Waals surface area contributed by atoms with E-state index < -0.39 is 30.1 Å². The smallest absolute Gasteiger partial charge is 0.311 e. The fourth-order valence-corrected chi connectivity index (χ4v) is 4.35. The van der Waals surface area contributed by atoms with Gasteiger partial charge in [0.2, 0.25) is 0 Å². The average Bonchev–Trinajstić information content (AvgIpc) is 3.32. The third-order valence-electron chi connectivity index (χ3n) is 5.35. The number of aromatic amines is 1. The van der Waals surface area contributed by atoms with Gasteiger partial charge in [0.25, 0.3) is 5.91 Å². The van der Waals surface area contributed by atoms with E-state index in [0.29, 0.717) is 10.7 Å². The highest BCUT2D eigenvalue weighted by Crippen LogP contribution is 2.53. The van der Waals surface area contributed by atoms with E-state index in [1.807, 2.05) is 24.3 Å². The van der Waals surface area contributed by atoms with E-state index in [1.165, 1.54) is 0 Å². The van der Waals surface area contributed by atoms with Crippen molar-refractivity contribution in [2.75, 3.05) is 0 Å². The van der Waals surface area contributed by atoms with Crippen LogP contribution in [-0.2, 0) is 9.53 Å². The van der Waals surface area contributed by atoms with E-state index in [1.54, 1.807) is 24.3 Å². The van der Waals surface area contributed by atoms with Gasteiger partial charge in [-0.2, -0.15) is 0 Å². The molecule has 3 N–H and O–H groups in total. The Balaban J connectivity index is 1.47. The number of aromatic nitrogens is 1. The molecule has 2 aliphatic rings. The number of carbonyl (C=O) groups excluding carboxylic acids is 1. The molecule has 136 valence electrons. The standard InChI is InChI=1S/C20H15ClN2O4/c21-10-5-6-13-9(7-10)8-14(22-13)19(24)23-16-15(20(25)26)17-11-3-1-2-4-12(11)18(16)27-17/h1-8,15-18,22H,(H,23,24)(H,25,26)/t15-,16-,17+,18-/m0/s1. The predicted molar refractivity (Wildman–Crippen MR) is 98.7 cm³/mol. The molecule has 0 saturated carbocycles. The van der Waals surface area contributed by atoms with E-state index in [2.05, 4.69) is 10.3 Å². The molecular formula is C20H15ClN2O4. The van der Waals surface area contributed by atoms with Crippen LogP contribution in [0.15, 0.2) is 48.5 Å². The summed E-state index contributed by atoms with van der Waals surface area (Å²) in [5, 5.41) is 14.0. The van der Waals surface area contributed by atoms with Crippen LogP contribution in [0.4, 0.5) is 0 Å². The molecule has 6 nitrogen and oxygen atoms in total. The number of H-pyrrole nitrogens is 1. The summed E-state index contributed by atoms with van der Waals surface area (Å²) < 4.78 is 5.92. The Morgan fingerprint density at radius 3 is 2.56 bits per heavy atom. The molecule has 3 aromatic rings. The molecule has 2 aromatic carbocycles. The number of benzene rings is 2. The fraction of sp³-hybridized carbons (Fsp3) is 0.200. The van der Waals surface area contributed by atoms with Gasteiger partial charge >= 0.3 is 5.97 Å². The van der Waals surface area contributed by atoms with Crippen molar-refractivity contribution in [1.29, 1.82) is 0 Å². The van der Waals surface area contributed by atoms with Crippen LogP contribution in [0.2, 0.25) is 5.02 Å². The molecule has 0 unspecified atom stereocenters. The molecule has 1 aromatic heterocycles. The summed E-state index contributed by atoms with van der Waals surface area (Å²) >= 11 is 5.99. The molecule has 27 heavy (non-hydrogen) atoms. The SMILES string of the molecule is O=C(N[C@H]1[C@H](C(=O)O)[C@@H]2O[C@H]1c1ccccc12)c1cc2cc(Cl)ccc2[nH]1. The van der Waals surface area contributed by atoms with Crippen LogP contribution in [0.25, 0.3) is 10.9 Å². The number of nitrogens with one attached hydrogen (secondary N) is 2. The molecular weight excluding hydrogens is 368 g/mol. The first-order valence-electron chi connectivity index (χ1n) is 8.59. The largest absolute Gasteiger partial charge is 0.481 e. The number of halogens is 1. The number of fused-ring (bicyclic) bond motifs is 6. The van der Waals surface area contributed by atoms with Crippen molar-refractivity contribution >= 4 is 34.4 Å². The Hall–Kier alpha value is -2.83. The van der Waals surface area contributed by atoms with Gasteiger partial charge in [-0.25, -0.2) is 0 Å². The van der Waals surface area contributed by atoms with E-state index >= 15 is 0 Å². The number of aliphatic carboxylic acids is 1. The van der Waals surface area contributed by atoms with Crippen LogP contribution in [0.3, 0.4) is 0 Å². The zero-order chi connectivity index (χ0) is 18.7. The minimum absolute atomic E-state index is 0.354. The normalized spacial score (nSPS) is 25.5. The van der Waals surface area contributed by atoms with Crippen molar-refractivity contribution < 1.29 is 19.4 Å². The number of rotatable bonds is 3. The highest BCUT2D eigenvalue weighted by Gasteiger charge is 2.56. The van der Waals surface area contributed by atoms with Gasteiger partial charge in [0, 0.05) is 15.9 Å². The molecule has 0 radical (unpaired) electrons. The summed E-state index contributed by atoms with van der Waals surface area (Å²) in [4.78, 5) is 27.7. The molecule has 1 fully saturated rings. The van der Waals surface area contributed by atoms with Gasteiger partial charge in [0.1, 0.15) is 17.7 Å². The zero-order valence-electron chi connectivity index (χ0n) is 14.0. The zero-order valence-corrected chi connectivity index (χ0v) is 14.7. The van der Waals surface area contributed by atoms with E-state index in [0.717, 1.165) is 22.0 Å². The Morgan fingerprint density at radius 1 is 1.07 bits per heavy atom. The molecule has 7 heteroatoms. The summed E-state index contributed by atoms with van der Waals surface area (Å²) in [5.41, 5.74) is 2.97. The van der Waals surface area contributed by atoms with Crippen molar-refractivity contribution in [2.24, 2.45) is 5.92 Å². The summed E-state index contributed by atoms with van der Waals surface area (Å²) in [7, 11) is 0. The third-order valence-corrected chi connectivity index (χ3v) is 5.59. The van der Waals surface area contributed by atoms with Gasteiger partial charge < -0.3 is 20.1 Å². The molecule has 4 atom stereocenters. The van der Waals surface area contributed by atoms with Gasteiger partial charge in [-0.1, -0.05) is 35.9 Å². The Morgan fingerprint density at radius 2 is 1.81 bits per heavy atom. The maximum Gasteiger partial charge on any atom is 0.311 e. The van der Waals surface area contributed by atoms with E-state index in [4.69, 9.17) is 16.3 Å². The van der Waals surface area contributed by atoms with Crippen LogP contribution in [0.1, 0.15) is 33.8 Å². The van der Waals surface area contributed by atoms with Gasteiger partial charge in [-0.3, -0.25) is 9.59 Å². The van der Waals surface area contributed by atoms with Crippen LogP contribution in [0.5, 0.6) is 0 Å². The molecule has 2 bridgehead atoms. The van der Waals surface area contributed by atoms with E-state index in [9.17, 15) is 14.7 Å². The van der Waals surface area contributed by atoms with Crippen molar-refractivity contribution in [1.82, 2.24) is 10.3 Å². The molecule has 3 heterocycles. The topological polar surface area (TPSA) is 91.4 Å². The minimum Gasteiger partial charge on any atom is -0.481 e. The molecule has 5 rings (SSSR count). The number of amides is 1. The lowest BCUT2D eigenvalue weighted by Crippen LogP contribution is -2.46. The Bertz CT molecular complexity index is 1090. The van der Waals surface area contributed by atoms with Crippen LogP contribution in [-0.4, -0.2) is 28.0 Å². The molecule has 0 spiro atoms. The Kier molecular flexibility index (Phi) is 3.54. The number of hydrogen-bond acceptors (Lipinski definition) is 3. The van der Waals surface area contributed by atoms with Crippen LogP contribution in [0, 0.1) is 5.92 Å². The second-order valence-electron chi connectivity index (χ2n) is 6.88. The van der Waals surface area contributed by atoms with Crippen LogP contribution >= 0.6 is 11.6 Å². The lowest BCUT2D eigenvalue weighted by molar-refractivity contribution is -0.144. The quantitative estimate of drug-likeness (QED) is 0.647. The van der Waals surface area contributed by atoms with Crippen molar-refractivity contribution in [3.63, 3.8) is 0 Å². The first-order chi connectivity index (χ1) is 13.0. The van der Waals surface area contributed by atoms with Crippen molar-refractivity contribution in [3.8, 4) is 0 Å². The first-order valence-corrected chi connectivity index (χ1v) is 8.97. The third kappa shape index (κ3) is 2.44. The summed E-state index contributed by atoms with van der Waals surface area (Å²) in [5.74, 6) is -2.18. The van der Waals surface area contributed by atoms with Gasteiger partial charge in [-0.05, 0) is 35.4 Å². The molecule has 1 saturated heterocycles. The number of carboxylic acids is 1. The second kappa shape index (κ2) is 5.84. The summed E-state index contributed by atoms with van der Waals surface area (Å²) in [6.45, 7) is 0. The maximum absolute atomic E-state index is 12.8. The average molecular weight is 383 g/mol. The lowest BCUT2D eigenvalue weighted by atomic mass is 9.80. The fourth-order valence-electron chi connectivity index (χ4n) is 4.17. The highest BCUT2D eigenvalue weighted by molar-refractivity contribution is 6.31. The van der Waals surface area contributed by atoms with E-state index in [-0.39, 0.29) is 5.91 Å². The number of carbonyl (C=O) groups is 2. The second-order valence-corrected chi connectivity index (χ2v) is 7.32. The molecule has 0 aliphatic carbocycles. The minimum atomic E-state index is -0.981. The highest BCUT2D eigenvalue weighted by atomic mass is 35.5. The molecule has 1 amide bonds. The molecule has 2 aliphatic heterocycles. The van der Waals surface area contributed by atoms with Crippen molar-refractivity contribution in [2.45, 2.75) is 18.2 Å². The Labute approximate surface area is 159 Å². The van der Waals surface area contributed by atoms with Gasteiger partial charge in [-0.15, -0.1) is 0 Å². The predicted octanol–water partition coefficient (Wildman–Crippen LogP) is 3.45. The summed E-state index contributed by atoms with van der Waals surface area (Å²) in [6.07, 6.45) is -1.01.